The summed E-state index contributed by atoms with van der Waals surface area (Å²) in [7, 11) is -1.82. The van der Waals surface area contributed by atoms with Crippen LogP contribution in [0.5, 0.6) is 0 Å². The molecule has 0 aliphatic heterocycles. The minimum atomic E-state index is -1.82. The second kappa shape index (κ2) is 12.3. The number of benzene rings is 2. The van der Waals surface area contributed by atoms with Crippen molar-refractivity contribution in [1.82, 2.24) is 9.97 Å². The summed E-state index contributed by atoms with van der Waals surface area (Å²) in [5.41, 5.74) is 6.00. The Morgan fingerprint density at radius 1 is 0.974 bits per heavy atom. The van der Waals surface area contributed by atoms with Crippen LogP contribution >= 0.6 is 23.2 Å². The first-order valence-corrected chi connectivity index (χ1v) is 17.6. The molecule has 4 rings (SSSR count). The van der Waals surface area contributed by atoms with E-state index in [1.54, 1.807) is 6.07 Å². The first kappa shape index (κ1) is 30.0. The Labute approximate surface area is 244 Å². The van der Waals surface area contributed by atoms with Crippen molar-refractivity contribution in [3.8, 4) is 11.3 Å². The Morgan fingerprint density at radius 3 is 2.36 bits per heavy atom. The number of aromatic nitrogens is 2. The third kappa shape index (κ3) is 6.68. The van der Waals surface area contributed by atoms with Crippen LogP contribution in [0.2, 0.25) is 28.2 Å². The maximum absolute atomic E-state index is 6.56. The van der Waals surface area contributed by atoms with E-state index >= 15 is 0 Å². The molecule has 0 saturated heterocycles. The summed E-state index contributed by atoms with van der Waals surface area (Å²) in [6, 6.07) is 14.0. The molecule has 1 aliphatic carbocycles. The van der Waals surface area contributed by atoms with Crippen molar-refractivity contribution >= 4 is 37.3 Å². The minimum Gasteiger partial charge on any atom is -0.414 e. The average molecular weight is 587 g/mol. The number of rotatable bonds is 10. The van der Waals surface area contributed by atoms with Crippen molar-refractivity contribution in [3.05, 3.63) is 75.0 Å². The lowest BCUT2D eigenvalue weighted by atomic mass is 10.1. The molecule has 1 aliphatic rings. The van der Waals surface area contributed by atoms with Crippen LogP contribution < -0.4 is 5.32 Å². The lowest BCUT2D eigenvalue weighted by molar-refractivity contribution is 0.0268. The number of aryl methyl sites for hydroxylation is 2. The highest BCUT2D eigenvalue weighted by molar-refractivity contribution is 6.74. The summed E-state index contributed by atoms with van der Waals surface area (Å²) in [5.74, 6) is 0.802. The molecule has 0 fully saturated rings. The molecule has 1 aromatic heterocycles. The second-order valence-electron chi connectivity index (χ2n) is 11.7. The van der Waals surface area contributed by atoms with Gasteiger partial charge in [0.1, 0.15) is 5.82 Å². The summed E-state index contributed by atoms with van der Waals surface area (Å²) in [5, 5.41) is 5.09. The van der Waals surface area contributed by atoms with Gasteiger partial charge in [0, 0.05) is 17.0 Å². The smallest absolute Gasteiger partial charge is 0.192 e. The maximum atomic E-state index is 6.56. The fourth-order valence-electron chi connectivity index (χ4n) is 4.75. The average Bonchev–Trinajstić information content (AvgIpc) is 3.23. The zero-order chi connectivity index (χ0) is 28.4. The summed E-state index contributed by atoms with van der Waals surface area (Å²) < 4.78 is 12.9. The Bertz CT molecular complexity index is 1310. The SMILES string of the molecule is CCc1nc(-c2ccc(Cl)cc2Cl)c(CC)nc1N[C@@H]1c2ccccc2C[C@@H]1OCCO[Si](C)(C)C(C)(C)C. The number of fused-ring (bicyclic) bond motifs is 1. The van der Waals surface area contributed by atoms with Crippen LogP contribution in [0.1, 0.15) is 63.2 Å². The number of hydrogen-bond donors (Lipinski definition) is 1. The quantitative estimate of drug-likeness (QED) is 0.190. The molecular weight excluding hydrogens is 545 g/mol. The summed E-state index contributed by atoms with van der Waals surface area (Å²) in [4.78, 5) is 10.2. The molecule has 1 heterocycles. The molecule has 2 aromatic carbocycles. The molecule has 0 spiro atoms. The molecule has 2 atom stereocenters. The van der Waals surface area contributed by atoms with Crippen molar-refractivity contribution in [2.45, 2.75) is 84.2 Å². The van der Waals surface area contributed by atoms with Gasteiger partial charge in [-0.1, -0.05) is 82.1 Å². The first-order valence-electron chi connectivity index (χ1n) is 13.9. The van der Waals surface area contributed by atoms with E-state index in [0.29, 0.717) is 23.3 Å². The van der Waals surface area contributed by atoms with Gasteiger partial charge in [0.05, 0.1) is 47.5 Å². The Hall–Kier alpha value is -1.96. The largest absolute Gasteiger partial charge is 0.414 e. The van der Waals surface area contributed by atoms with Crippen LogP contribution in [0.3, 0.4) is 0 Å². The van der Waals surface area contributed by atoms with E-state index in [4.69, 9.17) is 42.3 Å². The van der Waals surface area contributed by atoms with Crippen molar-refractivity contribution < 1.29 is 9.16 Å². The predicted octanol–water partition coefficient (Wildman–Crippen LogP) is 8.69. The maximum Gasteiger partial charge on any atom is 0.192 e. The molecule has 39 heavy (non-hydrogen) atoms. The number of anilines is 1. The van der Waals surface area contributed by atoms with Gasteiger partial charge in [-0.25, -0.2) is 9.97 Å². The van der Waals surface area contributed by atoms with E-state index in [1.165, 1.54) is 11.1 Å². The molecule has 210 valence electrons. The van der Waals surface area contributed by atoms with E-state index in [1.807, 2.05) is 12.1 Å². The van der Waals surface area contributed by atoms with Gasteiger partial charge in [0.15, 0.2) is 8.32 Å². The van der Waals surface area contributed by atoms with Crippen LogP contribution in [0, 0.1) is 0 Å². The zero-order valence-corrected chi connectivity index (χ0v) is 26.7. The third-order valence-corrected chi connectivity index (χ3v) is 13.1. The van der Waals surface area contributed by atoms with Crippen molar-refractivity contribution in [2.24, 2.45) is 0 Å². The molecule has 3 aromatic rings. The Kier molecular flexibility index (Phi) is 9.44. The van der Waals surface area contributed by atoms with Crippen LogP contribution in [0.15, 0.2) is 42.5 Å². The molecule has 0 bridgehead atoms. The monoisotopic (exact) mass is 585 g/mol. The van der Waals surface area contributed by atoms with E-state index < -0.39 is 8.32 Å². The number of nitrogens with one attached hydrogen (secondary N) is 1. The van der Waals surface area contributed by atoms with Crippen molar-refractivity contribution in [3.63, 3.8) is 0 Å². The van der Waals surface area contributed by atoms with E-state index in [9.17, 15) is 0 Å². The third-order valence-electron chi connectivity index (χ3n) is 8.06. The van der Waals surface area contributed by atoms with Crippen molar-refractivity contribution in [2.75, 3.05) is 18.5 Å². The second-order valence-corrected chi connectivity index (χ2v) is 17.3. The van der Waals surface area contributed by atoms with Crippen LogP contribution in [-0.4, -0.2) is 37.6 Å². The molecule has 1 N–H and O–H groups in total. The van der Waals surface area contributed by atoms with E-state index in [-0.39, 0.29) is 17.2 Å². The molecule has 0 saturated carbocycles. The van der Waals surface area contributed by atoms with Gasteiger partial charge in [-0.2, -0.15) is 0 Å². The van der Waals surface area contributed by atoms with Gasteiger partial charge in [-0.15, -0.1) is 0 Å². The molecule has 0 radical (unpaired) electrons. The highest BCUT2D eigenvalue weighted by Gasteiger charge is 2.38. The topological polar surface area (TPSA) is 56.3 Å². The first-order chi connectivity index (χ1) is 18.4. The summed E-state index contributed by atoms with van der Waals surface area (Å²) in [6.45, 7) is 16.7. The Balaban J connectivity index is 1.59. The fourth-order valence-corrected chi connectivity index (χ4v) is 6.28. The summed E-state index contributed by atoms with van der Waals surface area (Å²) >= 11 is 12.7. The van der Waals surface area contributed by atoms with Gasteiger partial charge in [0.2, 0.25) is 0 Å². The molecule has 8 heteroatoms. The van der Waals surface area contributed by atoms with E-state index in [0.717, 1.165) is 47.7 Å². The number of hydrogen-bond acceptors (Lipinski definition) is 5. The molecule has 0 unspecified atom stereocenters. The highest BCUT2D eigenvalue weighted by Crippen LogP contribution is 2.39. The lowest BCUT2D eigenvalue weighted by Gasteiger charge is -2.36. The lowest BCUT2D eigenvalue weighted by Crippen LogP contribution is -2.41. The molecule has 0 amide bonds. The van der Waals surface area contributed by atoms with Crippen LogP contribution in [0.25, 0.3) is 11.3 Å². The van der Waals surface area contributed by atoms with Gasteiger partial charge < -0.3 is 14.5 Å². The van der Waals surface area contributed by atoms with Gasteiger partial charge in [-0.3, -0.25) is 0 Å². The van der Waals surface area contributed by atoms with Crippen molar-refractivity contribution in [1.29, 1.82) is 0 Å². The van der Waals surface area contributed by atoms with E-state index in [2.05, 4.69) is 77.3 Å². The Morgan fingerprint density at radius 2 is 1.69 bits per heavy atom. The molecular formula is C31H41Cl2N3O2Si. The van der Waals surface area contributed by atoms with Gasteiger partial charge >= 0.3 is 0 Å². The van der Waals surface area contributed by atoms with Gasteiger partial charge in [0.25, 0.3) is 0 Å². The minimum absolute atomic E-state index is 0.0209. The fraction of sp³-hybridized carbons (Fsp3) is 0.484. The molecule has 5 nitrogen and oxygen atoms in total. The van der Waals surface area contributed by atoms with Crippen LogP contribution in [0.4, 0.5) is 5.82 Å². The zero-order valence-electron chi connectivity index (χ0n) is 24.2. The standard InChI is InChI=1S/C31H41Cl2N3O2Si/c1-8-25-28(23-15-14-21(32)19-24(23)33)34-26(9-2)30(35-25)36-29-22-13-11-10-12-20(22)18-27(29)37-16-17-38-39(6,7)31(3,4)5/h10-15,19,27,29H,8-9,16-18H2,1-7H3,(H,35,36)/t27-,29+/m0/s1. The predicted molar refractivity (Wildman–Crippen MR) is 166 cm³/mol. The number of halogens is 2. The van der Waals surface area contributed by atoms with Gasteiger partial charge in [-0.05, 0) is 60.3 Å². The number of ether oxygens (including phenoxy) is 1. The normalized spacial score (nSPS) is 17.4. The number of nitrogens with zero attached hydrogens (tertiary/aromatic N) is 2. The summed E-state index contributed by atoms with van der Waals surface area (Å²) in [6.07, 6.45) is 2.29. The highest BCUT2D eigenvalue weighted by atomic mass is 35.5. The van der Waals surface area contributed by atoms with Crippen LogP contribution in [-0.2, 0) is 28.4 Å².